The summed E-state index contributed by atoms with van der Waals surface area (Å²) in [5.41, 5.74) is 7.64. The van der Waals surface area contributed by atoms with Gasteiger partial charge >= 0.3 is 0 Å². The van der Waals surface area contributed by atoms with Gasteiger partial charge in [0.25, 0.3) is 0 Å². The molecule has 2 rings (SSSR count). The fourth-order valence-electron chi connectivity index (χ4n) is 1.96. The third-order valence-corrected chi connectivity index (χ3v) is 3.06. The third-order valence-electron chi connectivity index (χ3n) is 3.06. The van der Waals surface area contributed by atoms with E-state index >= 15 is 0 Å². The highest BCUT2D eigenvalue weighted by Gasteiger charge is 2.12. The fraction of sp³-hybridized carbons (Fsp3) is 0.438. The minimum absolute atomic E-state index is 0.456. The van der Waals surface area contributed by atoms with E-state index < -0.39 is 0 Å². The van der Waals surface area contributed by atoms with Crippen molar-refractivity contribution in [2.24, 2.45) is 0 Å². The van der Waals surface area contributed by atoms with Gasteiger partial charge in [0.15, 0.2) is 5.82 Å². The Morgan fingerprint density at radius 2 is 2.09 bits per heavy atom. The molecule has 2 heterocycles. The monoisotopic (exact) mass is 301 g/mol. The Bertz CT molecular complexity index is 589. The van der Waals surface area contributed by atoms with Crippen LogP contribution < -0.4 is 15.8 Å². The molecule has 0 bridgehead atoms. The molecule has 0 unspecified atom stereocenters. The van der Waals surface area contributed by atoms with E-state index in [1.54, 1.807) is 6.20 Å². The first-order valence-electron chi connectivity index (χ1n) is 7.66. The molecule has 0 aromatic carbocycles. The van der Waals surface area contributed by atoms with Gasteiger partial charge in [-0.1, -0.05) is 19.9 Å². The molecule has 118 valence electrons. The highest BCUT2D eigenvalue weighted by Crippen LogP contribution is 2.27. The Hall–Kier alpha value is -2.37. The van der Waals surface area contributed by atoms with Crippen molar-refractivity contribution < 1.29 is 4.74 Å². The highest BCUT2D eigenvalue weighted by molar-refractivity contribution is 5.67. The van der Waals surface area contributed by atoms with Crippen LogP contribution in [0, 0.1) is 0 Å². The van der Waals surface area contributed by atoms with Crippen LogP contribution in [0.1, 0.15) is 38.1 Å². The van der Waals surface area contributed by atoms with Crippen LogP contribution in [0.3, 0.4) is 0 Å². The molecule has 0 aliphatic rings. The van der Waals surface area contributed by atoms with E-state index in [0.717, 1.165) is 30.7 Å². The number of pyridine rings is 1. The Morgan fingerprint density at radius 1 is 1.23 bits per heavy atom. The van der Waals surface area contributed by atoms with E-state index in [4.69, 9.17) is 10.5 Å². The highest BCUT2D eigenvalue weighted by atomic mass is 16.5. The van der Waals surface area contributed by atoms with Crippen molar-refractivity contribution in [3.05, 3.63) is 35.9 Å². The van der Waals surface area contributed by atoms with E-state index in [-0.39, 0.29) is 0 Å². The topological polar surface area (TPSA) is 86.0 Å². The number of hydrogen-bond acceptors (Lipinski definition) is 6. The van der Waals surface area contributed by atoms with Gasteiger partial charge in [-0.15, -0.1) is 0 Å². The molecule has 3 N–H and O–H groups in total. The third kappa shape index (κ3) is 4.31. The largest absolute Gasteiger partial charge is 0.476 e. The minimum Gasteiger partial charge on any atom is -0.476 e. The lowest BCUT2D eigenvalue weighted by molar-refractivity contribution is 0.305. The zero-order valence-electron chi connectivity index (χ0n) is 13.2. The maximum atomic E-state index is 6.13. The van der Waals surface area contributed by atoms with Crippen LogP contribution in [0.4, 0.5) is 11.5 Å². The average molecular weight is 301 g/mol. The first-order chi connectivity index (χ1) is 10.7. The first-order valence-corrected chi connectivity index (χ1v) is 7.66. The van der Waals surface area contributed by atoms with Crippen LogP contribution in [-0.2, 0) is 13.0 Å². The van der Waals surface area contributed by atoms with Gasteiger partial charge in [0.1, 0.15) is 11.5 Å². The Morgan fingerprint density at radius 3 is 2.77 bits per heavy atom. The quantitative estimate of drug-likeness (QED) is 0.779. The lowest BCUT2D eigenvalue weighted by Gasteiger charge is -2.14. The Labute approximate surface area is 131 Å². The summed E-state index contributed by atoms with van der Waals surface area (Å²) in [6.45, 7) is 5.34. The molecule has 22 heavy (non-hydrogen) atoms. The molecule has 0 saturated carbocycles. The number of nitrogens with one attached hydrogen (secondary N) is 1. The van der Waals surface area contributed by atoms with Crippen LogP contribution in [-0.4, -0.2) is 21.6 Å². The SMILES string of the molecule is CCCOc1nc(CCC)nc(NCc2cccnc2)c1N. The number of aryl methyl sites for hydroxylation is 1. The van der Waals surface area contributed by atoms with Crippen molar-refractivity contribution in [2.75, 3.05) is 17.7 Å². The van der Waals surface area contributed by atoms with Crippen LogP contribution in [0.5, 0.6) is 5.88 Å². The smallest absolute Gasteiger partial charge is 0.242 e. The minimum atomic E-state index is 0.456. The summed E-state index contributed by atoms with van der Waals surface area (Å²) in [4.78, 5) is 13.0. The summed E-state index contributed by atoms with van der Waals surface area (Å²) in [6, 6.07) is 3.90. The van der Waals surface area contributed by atoms with Gasteiger partial charge in [-0.05, 0) is 24.5 Å². The number of aromatic nitrogens is 3. The molecule has 0 spiro atoms. The molecule has 0 saturated heterocycles. The molecule has 6 heteroatoms. The van der Waals surface area contributed by atoms with Crippen molar-refractivity contribution in [1.82, 2.24) is 15.0 Å². The van der Waals surface area contributed by atoms with E-state index in [1.807, 2.05) is 25.3 Å². The predicted molar refractivity (Wildman–Crippen MR) is 87.8 cm³/mol. The molecular formula is C16H23N5O. The second-order valence-corrected chi connectivity index (χ2v) is 5.02. The summed E-state index contributed by atoms with van der Waals surface area (Å²) in [6.07, 6.45) is 6.24. The number of nitrogens with two attached hydrogens (primary N) is 1. The van der Waals surface area contributed by atoms with Crippen molar-refractivity contribution >= 4 is 11.5 Å². The molecule has 2 aromatic rings. The summed E-state index contributed by atoms with van der Waals surface area (Å²) < 4.78 is 5.64. The Kier molecular flexibility index (Phi) is 5.94. The van der Waals surface area contributed by atoms with Gasteiger partial charge in [0, 0.05) is 25.4 Å². The first kappa shape index (κ1) is 16.0. The number of rotatable bonds is 8. The number of nitrogen functional groups attached to an aromatic ring is 1. The van der Waals surface area contributed by atoms with Gasteiger partial charge in [0.2, 0.25) is 5.88 Å². The summed E-state index contributed by atoms with van der Waals surface area (Å²) >= 11 is 0. The van der Waals surface area contributed by atoms with E-state index in [9.17, 15) is 0 Å². The average Bonchev–Trinajstić information content (AvgIpc) is 2.55. The molecular weight excluding hydrogens is 278 g/mol. The number of ether oxygens (including phenoxy) is 1. The van der Waals surface area contributed by atoms with Crippen molar-refractivity contribution in [3.63, 3.8) is 0 Å². The van der Waals surface area contributed by atoms with E-state index in [1.165, 1.54) is 0 Å². The standard InChI is InChI=1S/C16H23N5O/c1-3-6-13-20-15(14(17)16(21-13)22-9-4-2)19-11-12-7-5-8-18-10-12/h5,7-8,10H,3-4,6,9,11,17H2,1-2H3,(H,19,20,21). The molecule has 0 fully saturated rings. The molecule has 0 aliphatic heterocycles. The summed E-state index contributed by atoms with van der Waals surface area (Å²) in [7, 11) is 0. The van der Waals surface area contributed by atoms with Crippen LogP contribution in [0.15, 0.2) is 24.5 Å². The maximum Gasteiger partial charge on any atom is 0.242 e. The molecule has 0 radical (unpaired) electrons. The van der Waals surface area contributed by atoms with Crippen LogP contribution in [0.2, 0.25) is 0 Å². The number of hydrogen-bond donors (Lipinski definition) is 2. The zero-order chi connectivity index (χ0) is 15.8. The predicted octanol–water partition coefficient (Wildman–Crippen LogP) is 2.81. The number of anilines is 2. The van der Waals surface area contributed by atoms with Crippen LogP contribution >= 0.6 is 0 Å². The van der Waals surface area contributed by atoms with Gasteiger partial charge in [-0.25, -0.2) is 4.98 Å². The van der Waals surface area contributed by atoms with Gasteiger partial charge in [0.05, 0.1) is 6.61 Å². The molecule has 0 amide bonds. The maximum absolute atomic E-state index is 6.13. The lowest BCUT2D eigenvalue weighted by atomic mass is 10.3. The molecule has 2 aromatic heterocycles. The molecule has 0 aliphatic carbocycles. The second kappa shape index (κ2) is 8.17. The van der Waals surface area contributed by atoms with Crippen molar-refractivity contribution in [3.8, 4) is 5.88 Å². The second-order valence-electron chi connectivity index (χ2n) is 5.02. The summed E-state index contributed by atoms with van der Waals surface area (Å²) in [5.74, 6) is 1.83. The summed E-state index contributed by atoms with van der Waals surface area (Å²) in [5, 5.41) is 3.25. The molecule has 0 atom stereocenters. The lowest BCUT2D eigenvalue weighted by Crippen LogP contribution is -2.11. The van der Waals surface area contributed by atoms with E-state index in [0.29, 0.717) is 30.5 Å². The van der Waals surface area contributed by atoms with Gasteiger partial charge in [-0.3, -0.25) is 4.98 Å². The van der Waals surface area contributed by atoms with Gasteiger partial charge < -0.3 is 15.8 Å². The zero-order valence-corrected chi connectivity index (χ0v) is 13.2. The fourth-order valence-corrected chi connectivity index (χ4v) is 1.96. The van der Waals surface area contributed by atoms with Crippen LogP contribution in [0.25, 0.3) is 0 Å². The van der Waals surface area contributed by atoms with Crippen molar-refractivity contribution in [1.29, 1.82) is 0 Å². The molecule has 6 nitrogen and oxygen atoms in total. The number of nitrogens with zero attached hydrogens (tertiary/aromatic N) is 3. The Balaban J connectivity index is 2.18. The van der Waals surface area contributed by atoms with Gasteiger partial charge in [-0.2, -0.15) is 4.98 Å². The van der Waals surface area contributed by atoms with E-state index in [2.05, 4.69) is 27.2 Å². The van der Waals surface area contributed by atoms with Crippen molar-refractivity contribution in [2.45, 2.75) is 39.7 Å². The normalized spacial score (nSPS) is 10.5.